The summed E-state index contributed by atoms with van der Waals surface area (Å²) in [5.41, 5.74) is 0.131. The Kier molecular flexibility index (Phi) is 3.81. The number of aryl methyl sites for hydroxylation is 1. The van der Waals surface area contributed by atoms with Crippen LogP contribution in [0.15, 0.2) is 35.1 Å². The van der Waals surface area contributed by atoms with Gasteiger partial charge in [0.2, 0.25) is 0 Å². The predicted octanol–water partition coefficient (Wildman–Crippen LogP) is 2.09. The molecule has 0 spiro atoms. The van der Waals surface area contributed by atoms with Crippen LogP contribution in [0.25, 0.3) is 10.8 Å². The Labute approximate surface area is 156 Å². The number of fused-ring (bicyclic) bond motifs is 2. The highest BCUT2D eigenvalue weighted by molar-refractivity contribution is 5.96. The van der Waals surface area contributed by atoms with E-state index in [0.29, 0.717) is 24.2 Å². The maximum atomic E-state index is 13.1. The smallest absolute Gasteiger partial charge is 0.270 e. The van der Waals surface area contributed by atoms with Crippen LogP contribution in [-0.2, 0) is 13.0 Å². The first kappa shape index (κ1) is 16.2. The van der Waals surface area contributed by atoms with Crippen LogP contribution in [0.5, 0.6) is 0 Å². The fourth-order valence-electron chi connectivity index (χ4n) is 4.34. The molecule has 138 valence electrons. The second kappa shape index (κ2) is 6.33. The summed E-state index contributed by atoms with van der Waals surface area (Å²) in [6, 6.07) is 9.10. The number of carbonyl (C=O) groups excluding carboxylic acids is 1. The van der Waals surface area contributed by atoms with Crippen molar-refractivity contribution in [1.29, 1.82) is 0 Å². The third kappa shape index (κ3) is 2.74. The van der Waals surface area contributed by atoms with E-state index in [1.807, 2.05) is 23.1 Å². The fourth-order valence-corrected chi connectivity index (χ4v) is 4.34. The molecule has 0 aliphatic carbocycles. The van der Waals surface area contributed by atoms with E-state index in [0.717, 1.165) is 49.3 Å². The van der Waals surface area contributed by atoms with E-state index in [1.165, 1.54) is 0 Å². The summed E-state index contributed by atoms with van der Waals surface area (Å²) in [6.07, 6.45) is 4.04. The Bertz CT molecular complexity index is 1080. The third-order valence-corrected chi connectivity index (χ3v) is 5.70. The van der Waals surface area contributed by atoms with Crippen LogP contribution in [0, 0.1) is 0 Å². The van der Waals surface area contributed by atoms with Gasteiger partial charge < -0.3 is 14.5 Å². The molecule has 1 aromatic carbocycles. The average Bonchev–Trinajstić information content (AvgIpc) is 3.31. The molecule has 5 rings (SSSR count). The molecular weight excluding hydrogens is 342 g/mol. The molecule has 7 nitrogen and oxygen atoms in total. The van der Waals surface area contributed by atoms with Gasteiger partial charge >= 0.3 is 0 Å². The fraction of sp³-hybridized carbons (Fsp3) is 0.400. The van der Waals surface area contributed by atoms with Gasteiger partial charge in [0, 0.05) is 37.4 Å². The van der Waals surface area contributed by atoms with E-state index in [9.17, 15) is 9.59 Å². The van der Waals surface area contributed by atoms with Gasteiger partial charge in [-0.2, -0.15) is 0 Å². The topological polar surface area (TPSA) is 83.9 Å². The highest BCUT2D eigenvalue weighted by Crippen LogP contribution is 2.29. The first-order valence-electron chi connectivity index (χ1n) is 9.54. The molecule has 0 radical (unpaired) electrons. The van der Waals surface area contributed by atoms with Crippen molar-refractivity contribution in [3.63, 3.8) is 0 Å². The first-order valence-corrected chi connectivity index (χ1v) is 9.54. The predicted molar refractivity (Wildman–Crippen MR) is 101 cm³/mol. The van der Waals surface area contributed by atoms with E-state index >= 15 is 0 Å². The van der Waals surface area contributed by atoms with Gasteiger partial charge in [0.1, 0.15) is 17.3 Å². The Morgan fingerprint density at radius 3 is 2.96 bits per heavy atom. The molecule has 3 aromatic rings. The number of pyridine rings is 1. The molecular formula is C20H21N5O2. The van der Waals surface area contributed by atoms with Crippen molar-refractivity contribution in [3.8, 4) is 0 Å². The van der Waals surface area contributed by atoms with Crippen molar-refractivity contribution in [2.75, 3.05) is 13.1 Å². The quantitative estimate of drug-likeness (QED) is 0.756. The summed E-state index contributed by atoms with van der Waals surface area (Å²) >= 11 is 0. The van der Waals surface area contributed by atoms with E-state index in [-0.39, 0.29) is 17.4 Å². The molecule has 1 amide bonds. The molecule has 1 saturated heterocycles. The Morgan fingerprint density at radius 1 is 1.15 bits per heavy atom. The Hall–Kier alpha value is -2.96. The molecule has 1 unspecified atom stereocenters. The van der Waals surface area contributed by atoms with Crippen LogP contribution in [0.3, 0.4) is 0 Å². The second-order valence-corrected chi connectivity index (χ2v) is 7.42. The van der Waals surface area contributed by atoms with Gasteiger partial charge in [-0.25, -0.2) is 0 Å². The number of H-pyrrole nitrogens is 1. The average molecular weight is 363 g/mol. The molecule has 2 aromatic heterocycles. The van der Waals surface area contributed by atoms with E-state index in [4.69, 9.17) is 0 Å². The van der Waals surface area contributed by atoms with E-state index in [1.54, 1.807) is 12.1 Å². The lowest BCUT2D eigenvalue weighted by atomic mass is 9.96. The van der Waals surface area contributed by atoms with Crippen molar-refractivity contribution < 1.29 is 4.79 Å². The van der Waals surface area contributed by atoms with Crippen molar-refractivity contribution in [2.24, 2.45) is 0 Å². The highest BCUT2D eigenvalue weighted by Gasteiger charge is 2.31. The zero-order chi connectivity index (χ0) is 18.4. The number of piperidine rings is 1. The lowest BCUT2D eigenvalue weighted by Gasteiger charge is -2.32. The number of carbonyl (C=O) groups is 1. The zero-order valence-electron chi connectivity index (χ0n) is 15.0. The van der Waals surface area contributed by atoms with Gasteiger partial charge in [-0.15, -0.1) is 10.2 Å². The Morgan fingerprint density at radius 2 is 2.04 bits per heavy atom. The van der Waals surface area contributed by atoms with Gasteiger partial charge in [0.05, 0.1) is 0 Å². The molecule has 2 aliphatic rings. The maximum absolute atomic E-state index is 13.1. The number of benzene rings is 1. The minimum atomic E-state index is -0.222. The van der Waals surface area contributed by atoms with Gasteiger partial charge in [0.25, 0.3) is 11.5 Å². The normalized spacial score (nSPS) is 19.4. The number of aromatic amines is 1. The lowest BCUT2D eigenvalue weighted by Crippen LogP contribution is -2.40. The molecule has 2 aliphatic heterocycles. The number of hydrogen-bond donors (Lipinski definition) is 1. The molecule has 0 saturated carbocycles. The number of aromatic nitrogens is 4. The van der Waals surface area contributed by atoms with Crippen molar-refractivity contribution in [1.82, 2.24) is 24.6 Å². The standard InChI is InChI=1S/C20H21N5O2/c26-19-15-7-2-1-5-13(15)11-16(21-19)20(27)24-9-3-6-14(12-24)18-23-22-17-8-4-10-25(17)18/h1-2,5,7,11,14H,3-4,6,8-10,12H2,(H,21,26). The van der Waals surface area contributed by atoms with Crippen LogP contribution in [0.2, 0.25) is 0 Å². The molecule has 1 atom stereocenters. The summed E-state index contributed by atoms with van der Waals surface area (Å²) < 4.78 is 2.22. The number of likely N-dealkylation sites (tertiary alicyclic amines) is 1. The number of hydrogen-bond acceptors (Lipinski definition) is 4. The largest absolute Gasteiger partial charge is 0.337 e. The lowest BCUT2D eigenvalue weighted by molar-refractivity contribution is 0.0697. The summed E-state index contributed by atoms with van der Waals surface area (Å²) in [4.78, 5) is 30.0. The number of nitrogens with one attached hydrogen (secondary N) is 1. The molecule has 1 fully saturated rings. The van der Waals surface area contributed by atoms with Crippen molar-refractivity contribution >= 4 is 16.7 Å². The second-order valence-electron chi connectivity index (χ2n) is 7.42. The number of nitrogens with zero attached hydrogens (tertiary/aromatic N) is 4. The van der Waals surface area contributed by atoms with Gasteiger partial charge in [-0.3, -0.25) is 9.59 Å². The van der Waals surface area contributed by atoms with Crippen LogP contribution < -0.4 is 5.56 Å². The minimum Gasteiger partial charge on any atom is -0.337 e. The first-order chi connectivity index (χ1) is 13.2. The maximum Gasteiger partial charge on any atom is 0.270 e. The van der Waals surface area contributed by atoms with Gasteiger partial charge in [-0.1, -0.05) is 18.2 Å². The minimum absolute atomic E-state index is 0.122. The van der Waals surface area contributed by atoms with Crippen LogP contribution in [0.4, 0.5) is 0 Å². The zero-order valence-corrected chi connectivity index (χ0v) is 15.0. The summed E-state index contributed by atoms with van der Waals surface area (Å²) in [5, 5.41) is 10.1. The van der Waals surface area contributed by atoms with E-state index < -0.39 is 0 Å². The molecule has 1 N–H and O–H groups in total. The SMILES string of the molecule is O=C(c1cc2ccccc2c(=O)[nH]1)N1CCCC(c2nnc3n2CCC3)C1. The van der Waals surface area contributed by atoms with Gasteiger partial charge in [0.15, 0.2) is 0 Å². The van der Waals surface area contributed by atoms with Gasteiger partial charge in [-0.05, 0) is 36.8 Å². The monoisotopic (exact) mass is 363 g/mol. The van der Waals surface area contributed by atoms with Crippen molar-refractivity contribution in [3.05, 3.63) is 58.0 Å². The van der Waals surface area contributed by atoms with Crippen molar-refractivity contribution in [2.45, 2.75) is 38.1 Å². The molecule has 7 heteroatoms. The number of rotatable bonds is 2. The van der Waals surface area contributed by atoms with Crippen LogP contribution in [-0.4, -0.2) is 43.6 Å². The molecule has 4 heterocycles. The summed E-state index contributed by atoms with van der Waals surface area (Å²) in [7, 11) is 0. The summed E-state index contributed by atoms with van der Waals surface area (Å²) in [5.74, 6) is 2.15. The highest BCUT2D eigenvalue weighted by atomic mass is 16.2. The van der Waals surface area contributed by atoms with E-state index in [2.05, 4.69) is 19.7 Å². The van der Waals surface area contributed by atoms with Crippen LogP contribution >= 0.6 is 0 Å². The third-order valence-electron chi connectivity index (χ3n) is 5.70. The molecule has 0 bridgehead atoms. The summed E-state index contributed by atoms with van der Waals surface area (Å²) in [6.45, 7) is 2.29. The Balaban J connectivity index is 1.42. The number of amides is 1. The van der Waals surface area contributed by atoms with Crippen LogP contribution in [0.1, 0.15) is 47.3 Å². The molecule has 27 heavy (non-hydrogen) atoms.